The van der Waals surface area contributed by atoms with E-state index < -0.39 is 11.2 Å². The van der Waals surface area contributed by atoms with Gasteiger partial charge < -0.3 is 4.57 Å². The Bertz CT molecular complexity index is 1810. The van der Waals surface area contributed by atoms with Crippen molar-refractivity contribution in [2.45, 2.75) is 19.9 Å². The molecule has 0 atom stereocenters. The average Bonchev–Trinajstić information content (AvgIpc) is 3.41. The molecule has 0 aliphatic heterocycles. The molecule has 0 spiro atoms. The minimum Gasteiger partial charge on any atom is -0.330 e. The van der Waals surface area contributed by atoms with Crippen LogP contribution in [0.2, 0.25) is 0 Å². The molecule has 10 heteroatoms. The van der Waals surface area contributed by atoms with Gasteiger partial charge in [0.25, 0.3) is 5.56 Å². The molecule has 0 N–H and O–H groups in total. The molecular weight excluding hydrogens is 450 g/mol. The summed E-state index contributed by atoms with van der Waals surface area (Å²) in [5.41, 5.74) is 2.07. The number of hydrogen-bond acceptors (Lipinski definition) is 7. The molecule has 0 saturated carbocycles. The Kier molecular flexibility index (Phi) is 5.08. The minimum absolute atomic E-state index is 0.0977. The minimum atomic E-state index is -0.557. The largest absolute Gasteiger partial charge is 0.336 e. The normalized spacial score (nSPS) is 11.1. The molecular formula is C24H17N7O2S. The van der Waals surface area contributed by atoms with Gasteiger partial charge in [-0.05, 0) is 19.1 Å². The molecule has 34 heavy (non-hydrogen) atoms. The highest BCUT2D eigenvalue weighted by Gasteiger charge is 2.21. The van der Waals surface area contributed by atoms with Crippen molar-refractivity contribution >= 4 is 32.6 Å². The first-order valence-corrected chi connectivity index (χ1v) is 11.2. The van der Waals surface area contributed by atoms with Gasteiger partial charge in [0.1, 0.15) is 16.0 Å². The maximum Gasteiger partial charge on any atom is 0.336 e. The first-order valence-electron chi connectivity index (χ1n) is 10.4. The first kappa shape index (κ1) is 21.3. The van der Waals surface area contributed by atoms with E-state index in [1.807, 2.05) is 30.7 Å². The van der Waals surface area contributed by atoms with E-state index in [9.17, 15) is 20.1 Å². The summed E-state index contributed by atoms with van der Waals surface area (Å²) in [5.74, 6) is 0.717. The summed E-state index contributed by atoms with van der Waals surface area (Å²) in [6.07, 6.45) is 3.17. The summed E-state index contributed by atoms with van der Waals surface area (Å²) in [6, 6.07) is 13.1. The van der Waals surface area contributed by atoms with Crippen LogP contribution in [0.3, 0.4) is 0 Å². The Hall–Kier alpha value is -4.54. The number of nitrogens with zero attached hydrogens (tertiary/aromatic N) is 7. The Labute approximate surface area is 197 Å². The van der Waals surface area contributed by atoms with Gasteiger partial charge in [0.05, 0.1) is 53.2 Å². The predicted octanol–water partition coefficient (Wildman–Crippen LogP) is 3.26. The molecule has 4 heterocycles. The maximum atomic E-state index is 13.7. The van der Waals surface area contributed by atoms with E-state index in [1.54, 1.807) is 24.4 Å². The number of fused-ring (bicyclic) bond motifs is 2. The van der Waals surface area contributed by atoms with Gasteiger partial charge in [-0.2, -0.15) is 10.5 Å². The Morgan fingerprint density at radius 3 is 2.71 bits per heavy atom. The summed E-state index contributed by atoms with van der Waals surface area (Å²) in [5, 5.41) is 18.7. The van der Waals surface area contributed by atoms with Crippen molar-refractivity contribution in [3.63, 3.8) is 0 Å². The number of hydrogen-bond donors (Lipinski definition) is 0. The smallest absolute Gasteiger partial charge is 0.330 e. The van der Waals surface area contributed by atoms with Crippen LogP contribution >= 0.6 is 11.3 Å². The highest BCUT2D eigenvalue weighted by atomic mass is 32.1. The molecule has 0 aliphatic carbocycles. The molecule has 0 aliphatic rings. The van der Waals surface area contributed by atoms with E-state index in [0.29, 0.717) is 42.9 Å². The summed E-state index contributed by atoms with van der Waals surface area (Å²) in [7, 11) is 1.81. The quantitative estimate of drug-likeness (QED) is 0.400. The van der Waals surface area contributed by atoms with Crippen LogP contribution in [0.5, 0.6) is 0 Å². The van der Waals surface area contributed by atoms with Crippen LogP contribution in [0.15, 0.2) is 52.3 Å². The lowest BCUT2D eigenvalue weighted by molar-refractivity contribution is 0.663. The van der Waals surface area contributed by atoms with Crippen molar-refractivity contribution < 1.29 is 0 Å². The Balaban J connectivity index is 1.89. The average molecular weight is 468 g/mol. The number of pyridine rings is 1. The van der Waals surface area contributed by atoms with Crippen LogP contribution in [0.25, 0.3) is 37.4 Å². The Morgan fingerprint density at radius 2 is 1.94 bits per heavy atom. The standard InChI is InChI=1S/C24H17N7O2S/c1-14-28-17-12-27-13-19(21(17)29(14)2)31-23(32)22-18(30(24(31)33)9-5-8-25)10-20(34-22)16-7-4-3-6-15(16)11-26/h3-4,6-7,10,12-13H,5,9H2,1-2H3. The SMILES string of the molecule is Cc1nc2cncc(-n3c(=O)c4sc(-c5ccccc5C#N)cc4n(CCC#N)c3=O)c2n1C. The molecule has 4 aromatic heterocycles. The second-order valence-electron chi connectivity index (χ2n) is 7.71. The van der Waals surface area contributed by atoms with E-state index in [1.165, 1.54) is 22.1 Å². The van der Waals surface area contributed by atoms with Gasteiger partial charge in [0.15, 0.2) is 0 Å². The second kappa shape index (κ2) is 8.10. The van der Waals surface area contributed by atoms with E-state index in [4.69, 9.17) is 0 Å². The number of aryl methyl sites for hydroxylation is 3. The van der Waals surface area contributed by atoms with Crippen LogP contribution in [0.4, 0.5) is 0 Å². The molecule has 0 saturated heterocycles. The molecule has 0 fully saturated rings. The van der Waals surface area contributed by atoms with E-state index in [0.717, 1.165) is 10.4 Å². The fourth-order valence-corrected chi connectivity index (χ4v) is 5.23. The van der Waals surface area contributed by atoms with E-state index in [2.05, 4.69) is 22.1 Å². The van der Waals surface area contributed by atoms with Gasteiger partial charge in [0, 0.05) is 24.0 Å². The molecule has 9 nitrogen and oxygen atoms in total. The van der Waals surface area contributed by atoms with Gasteiger partial charge in [-0.1, -0.05) is 18.2 Å². The lowest BCUT2D eigenvalue weighted by atomic mass is 10.1. The van der Waals surface area contributed by atoms with Crippen molar-refractivity contribution in [1.82, 2.24) is 23.7 Å². The lowest BCUT2D eigenvalue weighted by Crippen LogP contribution is -2.38. The fourth-order valence-electron chi connectivity index (χ4n) is 4.10. The topological polar surface area (TPSA) is 122 Å². The van der Waals surface area contributed by atoms with Gasteiger partial charge in [0.2, 0.25) is 0 Å². The number of aromatic nitrogens is 5. The molecule has 0 unspecified atom stereocenters. The van der Waals surface area contributed by atoms with Crippen LogP contribution in [0, 0.1) is 29.6 Å². The van der Waals surface area contributed by atoms with Crippen LogP contribution in [-0.4, -0.2) is 23.7 Å². The first-order chi connectivity index (χ1) is 16.5. The predicted molar refractivity (Wildman–Crippen MR) is 129 cm³/mol. The third-order valence-electron chi connectivity index (χ3n) is 5.81. The molecule has 0 amide bonds. The summed E-state index contributed by atoms with van der Waals surface area (Å²) >= 11 is 1.22. The monoisotopic (exact) mass is 467 g/mol. The highest BCUT2D eigenvalue weighted by molar-refractivity contribution is 7.22. The molecule has 5 rings (SSSR count). The van der Waals surface area contributed by atoms with Crippen molar-refractivity contribution in [2.75, 3.05) is 0 Å². The summed E-state index contributed by atoms with van der Waals surface area (Å²) < 4.78 is 4.71. The molecule has 0 bridgehead atoms. The second-order valence-corrected chi connectivity index (χ2v) is 8.76. The zero-order chi connectivity index (χ0) is 24.0. The van der Waals surface area contributed by atoms with Crippen molar-refractivity contribution in [1.29, 1.82) is 10.5 Å². The lowest BCUT2D eigenvalue weighted by Gasteiger charge is -2.12. The zero-order valence-corrected chi connectivity index (χ0v) is 19.1. The molecule has 5 aromatic rings. The van der Waals surface area contributed by atoms with Gasteiger partial charge in [-0.15, -0.1) is 11.3 Å². The maximum absolute atomic E-state index is 13.7. The van der Waals surface area contributed by atoms with Crippen LogP contribution in [0.1, 0.15) is 17.8 Å². The van der Waals surface area contributed by atoms with E-state index >= 15 is 0 Å². The highest BCUT2D eigenvalue weighted by Crippen LogP contribution is 2.33. The number of nitriles is 2. The van der Waals surface area contributed by atoms with Crippen molar-refractivity contribution in [3.05, 3.63) is 75.0 Å². The van der Waals surface area contributed by atoms with Gasteiger partial charge >= 0.3 is 5.69 Å². The van der Waals surface area contributed by atoms with Crippen LogP contribution < -0.4 is 11.2 Å². The van der Waals surface area contributed by atoms with Crippen molar-refractivity contribution in [2.24, 2.45) is 7.05 Å². The number of benzene rings is 1. The third kappa shape index (κ3) is 3.12. The van der Waals surface area contributed by atoms with Gasteiger partial charge in [-0.25, -0.2) is 14.3 Å². The van der Waals surface area contributed by atoms with Gasteiger partial charge in [-0.3, -0.25) is 14.3 Å². The fraction of sp³-hybridized carbons (Fsp3) is 0.167. The number of thiophene rings is 1. The summed E-state index contributed by atoms with van der Waals surface area (Å²) in [6.45, 7) is 1.95. The van der Waals surface area contributed by atoms with E-state index in [-0.39, 0.29) is 13.0 Å². The number of imidazole rings is 1. The van der Waals surface area contributed by atoms with Crippen molar-refractivity contribution in [3.8, 4) is 28.3 Å². The Morgan fingerprint density at radius 1 is 1.15 bits per heavy atom. The number of rotatable bonds is 4. The zero-order valence-electron chi connectivity index (χ0n) is 18.3. The molecule has 166 valence electrons. The van der Waals surface area contributed by atoms with Crippen LogP contribution in [-0.2, 0) is 13.6 Å². The third-order valence-corrected chi connectivity index (χ3v) is 6.95. The molecule has 0 radical (unpaired) electrons. The molecule has 1 aromatic carbocycles. The summed E-state index contributed by atoms with van der Waals surface area (Å²) in [4.78, 5) is 36.7.